The number of rotatable bonds is 10. The van der Waals surface area contributed by atoms with E-state index in [1.165, 1.54) is 9.21 Å². The average molecular weight is 591 g/mol. The standard InChI is InChI=1S/C26H34Cl3N3O4S/c1-17-20(27)9-7-10-23(17)32(37(6,35)36)14-8-11-24(33)31(18(2)25(34)30-26(3,4)5)16-19-12-13-21(28)22(29)15-19/h7,9-10,12-13,15,18H,8,11,14,16H2,1-6H3,(H,30,34)/t18-/m1/s1. The third-order valence-electron chi connectivity index (χ3n) is 5.66. The van der Waals surface area contributed by atoms with E-state index in [4.69, 9.17) is 34.8 Å². The van der Waals surface area contributed by atoms with E-state index in [2.05, 4.69) is 5.32 Å². The van der Waals surface area contributed by atoms with Crippen LogP contribution in [0.1, 0.15) is 51.7 Å². The maximum atomic E-state index is 13.4. The predicted octanol–water partition coefficient (Wildman–Crippen LogP) is 5.83. The Balaban J connectivity index is 2.25. The van der Waals surface area contributed by atoms with E-state index in [-0.39, 0.29) is 37.7 Å². The SMILES string of the molecule is Cc1c(Cl)cccc1N(CCCC(=O)N(Cc1ccc(Cl)c(Cl)c1)[C@H](C)C(=O)NC(C)(C)C)S(C)(=O)=O. The molecule has 2 rings (SSSR count). The minimum absolute atomic E-state index is 0.0279. The molecule has 11 heteroatoms. The molecule has 0 saturated heterocycles. The molecule has 2 aromatic rings. The molecule has 0 aliphatic carbocycles. The van der Waals surface area contributed by atoms with E-state index in [0.29, 0.717) is 31.9 Å². The third-order valence-corrected chi connectivity index (χ3v) is 7.99. The quantitative estimate of drug-likeness (QED) is 0.377. The van der Waals surface area contributed by atoms with Crippen molar-refractivity contribution < 1.29 is 18.0 Å². The molecule has 7 nitrogen and oxygen atoms in total. The van der Waals surface area contributed by atoms with Crippen molar-refractivity contribution >= 4 is 62.3 Å². The van der Waals surface area contributed by atoms with E-state index in [9.17, 15) is 18.0 Å². The van der Waals surface area contributed by atoms with Gasteiger partial charge in [0.15, 0.2) is 0 Å². The Kier molecular flexibility index (Phi) is 10.7. The molecular formula is C26H34Cl3N3O4S. The molecule has 0 spiro atoms. The van der Waals surface area contributed by atoms with Crippen LogP contribution in [0.25, 0.3) is 0 Å². The second-order valence-corrected chi connectivity index (χ2v) is 13.1. The molecule has 0 aromatic heterocycles. The van der Waals surface area contributed by atoms with Crippen LogP contribution in [0, 0.1) is 6.92 Å². The average Bonchev–Trinajstić information content (AvgIpc) is 2.77. The summed E-state index contributed by atoms with van der Waals surface area (Å²) in [6.45, 7) is 9.21. The van der Waals surface area contributed by atoms with E-state index in [1.807, 2.05) is 20.8 Å². The van der Waals surface area contributed by atoms with Gasteiger partial charge in [-0.25, -0.2) is 8.42 Å². The first-order valence-corrected chi connectivity index (χ1v) is 14.8. The number of nitrogens with one attached hydrogen (secondary N) is 1. The highest BCUT2D eigenvalue weighted by Gasteiger charge is 2.29. The number of hydrogen-bond acceptors (Lipinski definition) is 4. The second-order valence-electron chi connectivity index (χ2n) is 10.0. The molecule has 0 saturated carbocycles. The third kappa shape index (κ3) is 9.06. The van der Waals surface area contributed by atoms with Gasteiger partial charge in [-0.3, -0.25) is 13.9 Å². The minimum Gasteiger partial charge on any atom is -0.350 e. The first kappa shape index (κ1) is 31.2. The molecule has 0 aliphatic heterocycles. The zero-order valence-electron chi connectivity index (χ0n) is 21.9. The zero-order chi connectivity index (χ0) is 28.1. The summed E-state index contributed by atoms with van der Waals surface area (Å²) in [7, 11) is -3.62. The molecule has 0 unspecified atom stereocenters. The van der Waals surface area contributed by atoms with E-state index in [1.54, 1.807) is 50.2 Å². The van der Waals surface area contributed by atoms with Crippen LogP contribution in [0.5, 0.6) is 0 Å². The van der Waals surface area contributed by atoms with Crippen molar-refractivity contribution in [2.45, 2.75) is 65.6 Å². The molecule has 0 bridgehead atoms. The number of hydrogen-bond donors (Lipinski definition) is 1. The highest BCUT2D eigenvalue weighted by Crippen LogP contribution is 2.29. The van der Waals surface area contributed by atoms with Crippen molar-refractivity contribution in [3.63, 3.8) is 0 Å². The number of carbonyl (C=O) groups is 2. The fourth-order valence-corrected chi connectivity index (χ4v) is 5.25. The maximum Gasteiger partial charge on any atom is 0.242 e. The molecule has 204 valence electrons. The first-order valence-electron chi connectivity index (χ1n) is 11.8. The normalized spacial score (nSPS) is 12.7. The van der Waals surface area contributed by atoms with Crippen molar-refractivity contribution in [2.75, 3.05) is 17.1 Å². The molecule has 1 N–H and O–H groups in total. The van der Waals surface area contributed by atoms with Gasteiger partial charge in [0.05, 0.1) is 22.0 Å². The molecule has 2 amide bonds. The van der Waals surface area contributed by atoms with Crippen LogP contribution in [0.2, 0.25) is 15.1 Å². The van der Waals surface area contributed by atoms with Gasteiger partial charge in [0.2, 0.25) is 21.8 Å². The monoisotopic (exact) mass is 589 g/mol. The smallest absolute Gasteiger partial charge is 0.242 e. The lowest BCUT2D eigenvalue weighted by atomic mass is 10.1. The number of anilines is 1. The molecule has 0 aliphatic rings. The molecular weight excluding hydrogens is 557 g/mol. The van der Waals surface area contributed by atoms with Gasteiger partial charge >= 0.3 is 0 Å². The summed E-state index contributed by atoms with van der Waals surface area (Å²) in [5.41, 5.74) is 1.34. The lowest BCUT2D eigenvalue weighted by Gasteiger charge is -2.32. The topological polar surface area (TPSA) is 86.8 Å². The Labute approximate surface area is 235 Å². The largest absolute Gasteiger partial charge is 0.350 e. The Morgan fingerprint density at radius 3 is 2.24 bits per heavy atom. The van der Waals surface area contributed by atoms with Gasteiger partial charge < -0.3 is 10.2 Å². The summed E-state index contributed by atoms with van der Waals surface area (Å²) in [4.78, 5) is 27.8. The molecule has 1 atom stereocenters. The fourth-order valence-electron chi connectivity index (χ4n) is 3.74. The Morgan fingerprint density at radius 2 is 1.68 bits per heavy atom. The summed E-state index contributed by atoms with van der Waals surface area (Å²) in [6, 6.07) is 9.32. The molecule has 0 heterocycles. The number of halogens is 3. The van der Waals surface area contributed by atoms with Crippen LogP contribution < -0.4 is 9.62 Å². The Hall–Kier alpha value is -2.00. The van der Waals surface area contributed by atoms with Crippen LogP contribution in [0.15, 0.2) is 36.4 Å². The van der Waals surface area contributed by atoms with Crippen LogP contribution in [-0.4, -0.2) is 49.5 Å². The van der Waals surface area contributed by atoms with Gasteiger partial charge in [0, 0.05) is 30.1 Å². The van der Waals surface area contributed by atoms with E-state index < -0.39 is 21.6 Å². The Bertz CT molecular complexity index is 1250. The van der Waals surface area contributed by atoms with Gasteiger partial charge in [-0.2, -0.15) is 0 Å². The number of benzene rings is 2. The molecule has 0 fully saturated rings. The predicted molar refractivity (Wildman–Crippen MR) is 152 cm³/mol. The van der Waals surface area contributed by atoms with Crippen LogP contribution in [0.3, 0.4) is 0 Å². The number of carbonyl (C=O) groups excluding carboxylic acids is 2. The van der Waals surface area contributed by atoms with Crippen molar-refractivity contribution in [3.05, 3.63) is 62.6 Å². The lowest BCUT2D eigenvalue weighted by Crippen LogP contribution is -2.52. The summed E-state index contributed by atoms with van der Waals surface area (Å²) < 4.78 is 26.3. The minimum atomic E-state index is -3.62. The first-order chi connectivity index (χ1) is 17.0. The highest BCUT2D eigenvalue weighted by molar-refractivity contribution is 7.92. The van der Waals surface area contributed by atoms with Crippen LogP contribution in [-0.2, 0) is 26.2 Å². The molecule has 2 aromatic carbocycles. The van der Waals surface area contributed by atoms with Gasteiger partial charge in [-0.05, 0) is 76.4 Å². The zero-order valence-corrected chi connectivity index (χ0v) is 25.0. The van der Waals surface area contributed by atoms with Crippen molar-refractivity contribution in [1.82, 2.24) is 10.2 Å². The van der Waals surface area contributed by atoms with Crippen molar-refractivity contribution in [2.24, 2.45) is 0 Å². The molecule has 37 heavy (non-hydrogen) atoms. The molecule has 0 radical (unpaired) electrons. The maximum absolute atomic E-state index is 13.4. The van der Waals surface area contributed by atoms with Gasteiger partial charge in [0.1, 0.15) is 6.04 Å². The van der Waals surface area contributed by atoms with E-state index >= 15 is 0 Å². The van der Waals surface area contributed by atoms with Crippen molar-refractivity contribution in [3.8, 4) is 0 Å². The Morgan fingerprint density at radius 1 is 1.03 bits per heavy atom. The number of amides is 2. The van der Waals surface area contributed by atoms with Gasteiger partial charge in [-0.1, -0.05) is 46.9 Å². The number of nitrogens with zero attached hydrogens (tertiary/aromatic N) is 2. The second kappa shape index (κ2) is 12.7. The fraction of sp³-hybridized carbons (Fsp3) is 0.462. The van der Waals surface area contributed by atoms with Crippen molar-refractivity contribution in [1.29, 1.82) is 0 Å². The highest BCUT2D eigenvalue weighted by atomic mass is 35.5. The van der Waals surface area contributed by atoms with Gasteiger partial charge in [-0.15, -0.1) is 0 Å². The lowest BCUT2D eigenvalue weighted by molar-refractivity contribution is -0.141. The van der Waals surface area contributed by atoms with Crippen LogP contribution >= 0.6 is 34.8 Å². The van der Waals surface area contributed by atoms with E-state index in [0.717, 1.165) is 6.26 Å². The van der Waals surface area contributed by atoms with Crippen LogP contribution in [0.4, 0.5) is 5.69 Å². The number of sulfonamides is 1. The summed E-state index contributed by atoms with van der Waals surface area (Å²) >= 11 is 18.4. The summed E-state index contributed by atoms with van der Waals surface area (Å²) in [6.07, 6.45) is 1.38. The summed E-state index contributed by atoms with van der Waals surface area (Å²) in [5.74, 6) is -0.591. The summed E-state index contributed by atoms with van der Waals surface area (Å²) in [5, 5.41) is 4.09. The van der Waals surface area contributed by atoms with Gasteiger partial charge in [0.25, 0.3) is 0 Å².